The van der Waals surface area contributed by atoms with E-state index >= 15 is 0 Å². The van der Waals surface area contributed by atoms with Crippen molar-refractivity contribution in [1.82, 2.24) is 10.2 Å². The Balaban J connectivity index is 1.58. The minimum atomic E-state index is -0.875. The third-order valence-corrected chi connectivity index (χ3v) is 5.35. The molecule has 1 fully saturated rings. The quantitative estimate of drug-likeness (QED) is 0.825. The molecule has 1 aromatic rings. The molecule has 1 unspecified atom stereocenters. The second kappa shape index (κ2) is 7.25. The summed E-state index contributed by atoms with van der Waals surface area (Å²) in [5.41, 5.74) is 1.95. The van der Waals surface area contributed by atoms with Crippen LogP contribution < -0.4 is 5.32 Å². The van der Waals surface area contributed by atoms with Crippen LogP contribution in [0.3, 0.4) is 0 Å². The van der Waals surface area contributed by atoms with Crippen LogP contribution in [0.1, 0.15) is 49.7 Å². The molecule has 2 heterocycles. The lowest BCUT2D eigenvalue weighted by Gasteiger charge is -2.32. The largest absolute Gasteiger partial charge is 0.481 e. The average Bonchev–Trinajstić information content (AvgIpc) is 2.99. The number of amides is 2. The summed E-state index contributed by atoms with van der Waals surface area (Å²) in [6.45, 7) is 1.34. The van der Waals surface area contributed by atoms with E-state index in [1.165, 1.54) is 11.1 Å². The highest BCUT2D eigenvalue weighted by atomic mass is 16.4. The van der Waals surface area contributed by atoms with Crippen LogP contribution in [0.4, 0.5) is 0 Å². The molecule has 0 radical (unpaired) electrons. The molecular weight excluding hydrogens is 320 g/mol. The maximum atomic E-state index is 12.6. The lowest BCUT2D eigenvalue weighted by Crippen LogP contribution is -2.44. The van der Waals surface area contributed by atoms with Gasteiger partial charge in [-0.2, -0.15) is 0 Å². The van der Waals surface area contributed by atoms with Gasteiger partial charge in [-0.1, -0.05) is 24.3 Å². The molecule has 0 spiro atoms. The Hall–Kier alpha value is -2.37. The molecule has 2 amide bonds. The molecule has 2 aliphatic heterocycles. The SMILES string of the molecule is O=C(O)CCC1(CCC(=O)N2CCc3ccccc3C2)CCC(=O)N1. The maximum Gasteiger partial charge on any atom is 0.303 e. The molecule has 0 aromatic heterocycles. The van der Waals surface area contributed by atoms with Gasteiger partial charge >= 0.3 is 5.97 Å². The minimum absolute atomic E-state index is 0.00552. The fraction of sp³-hybridized carbons (Fsp3) is 0.526. The van der Waals surface area contributed by atoms with Crippen LogP contribution in [0, 0.1) is 0 Å². The highest BCUT2D eigenvalue weighted by Crippen LogP contribution is 2.31. The second-order valence-electron chi connectivity index (χ2n) is 7.06. The van der Waals surface area contributed by atoms with E-state index in [2.05, 4.69) is 17.4 Å². The van der Waals surface area contributed by atoms with E-state index in [-0.39, 0.29) is 18.2 Å². The zero-order valence-corrected chi connectivity index (χ0v) is 14.3. The molecule has 0 saturated carbocycles. The summed E-state index contributed by atoms with van der Waals surface area (Å²) in [7, 11) is 0. The van der Waals surface area contributed by atoms with E-state index in [9.17, 15) is 14.4 Å². The van der Waals surface area contributed by atoms with E-state index in [1.807, 2.05) is 17.0 Å². The van der Waals surface area contributed by atoms with Crippen LogP contribution in [-0.4, -0.2) is 39.9 Å². The summed E-state index contributed by atoms with van der Waals surface area (Å²) in [4.78, 5) is 37.0. The molecule has 6 heteroatoms. The van der Waals surface area contributed by atoms with Crippen LogP contribution in [0.5, 0.6) is 0 Å². The summed E-state index contributed by atoms with van der Waals surface area (Å²) in [6.07, 6.45) is 3.10. The number of benzene rings is 1. The van der Waals surface area contributed by atoms with Crippen molar-refractivity contribution in [2.45, 2.75) is 57.0 Å². The summed E-state index contributed by atoms with van der Waals surface area (Å²) in [6, 6.07) is 8.17. The maximum absolute atomic E-state index is 12.6. The monoisotopic (exact) mass is 344 g/mol. The second-order valence-corrected chi connectivity index (χ2v) is 7.06. The molecule has 25 heavy (non-hydrogen) atoms. The van der Waals surface area contributed by atoms with Gasteiger partial charge in [0.1, 0.15) is 0 Å². The van der Waals surface area contributed by atoms with Crippen molar-refractivity contribution < 1.29 is 19.5 Å². The Morgan fingerprint density at radius 2 is 1.84 bits per heavy atom. The zero-order valence-electron chi connectivity index (χ0n) is 14.3. The molecular formula is C19H24N2O4. The van der Waals surface area contributed by atoms with Crippen molar-refractivity contribution in [2.24, 2.45) is 0 Å². The number of nitrogens with zero attached hydrogens (tertiary/aromatic N) is 1. The number of carbonyl (C=O) groups is 3. The minimum Gasteiger partial charge on any atom is -0.481 e. The highest BCUT2D eigenvalue weighted by Gasteiger charge is 2.38. The predicted molar refractivity (Wildman–Crippen MR) is 91.8 cm³/mol. The number of carboxylic acid groups (broad SMARTS) is 1. The molecule has 2 N–H and O–H groups in total. The summed E-state index contributed by atoms with van der Waals surface area (Å²) >= 11 is 0. The van der Waals surface area contributed by atoms with Gasteiger partial charge in [-0.15, -0.1) is 0 Å². The smallest absolute Gasteiger partial charge is 0.303 e. The standard InChI is InChI=1S/C19H24N2O4/c22-16-5-9-19(20-16,11-7-18(24)25)10-6-17(23)21-12-8-14-3-1-2-4-15(14)13-21/h1-4H,5-13H2,(H,20,22)(H,24,25). The number of hydrogen-bond donors (Lipinski definition) is 2. The Bertz CT molecular complexity index is 688. The van der Waals surface area contributed by atoms with Crippen LogP contribution >= 0.6 is 0 Å². The van der Waals surface area contributed by atoms with Gasteiger partial charge in [-0.3, -0.25) is 14.4 Å². The van der Waals surface area contributed by atoms with E-state index < -0.39 is 11.5 Å². The molecule has 1 saturated heterocycles. The van der Waals surface area contributed by atoms with Gasteiger partial charge in [0.15, 0.2) is 0 Å². The molecule has 134 valence electrons. The topological polar surface area (TPSA) is 86.7 Å². The molecule has 2 aliphatic rings. The first-order chi connectivity index (χ1) is 12.0. The number of carbonyl (C=O) groups excluding carboxylic acids is 2. The van der Waals surface area contributed by atoms with Crippen molar-refractivity contribution in [3.05, 3.63) is 35.4 Å². The first-order valence-corrected chi connectivity index (χ1v) is 8.85. The number of aliphatic carboxylic acids is 1. The summed E-state index contributed by atoms with van der Waals surface area (Å²) < 4.78 is 0. The van der Waals surface area contributed by atoms with Gasteiger partial charge in [-0.25, -0.2) is 0 Å². The highest BCUT2D eigenvalue weighted by molar-refractivity contribution is 5.80. The zero-order chi connectivity index (χ0) is 17.9. The summed E-state index contributed by atoms with van der Waals surface area (Å²) in [5.74, 6) is -0.852. The molecule has 1 aromatic carbocycles. The van der Waals surface area contributed by atoms with Gasteiger partial charge in [0, 0.05) is 37.9 Å². The lowest BCUT2D eigenvalue weighted by atomic mass is 9.86. The van der Waals surface area contributed by atoms with Gasteiger partial charge in [0.25, 0.3) is 0 Å². The van der Waals surface area contributed by atoms with Crippen LogP contribution in [-0.2, 0) is 27.3 Å². The number of carboxylic acids is 1. The molecule has 6 nitrogen and oxygen atoms in total. The third-order valence-electron chi connectivity index (χ3n) is 5.35. The summed E-state index contributed by atoms with van der Waals surface area (Å²) in [5, 5.41) is 11.9. The van der Waals surface area contributed by atoms with Crippen molar-refractivity contribution in [3.8, 4) is 0 Å². The number of rotatable bonds is 6. The number of hydrogen-bond acceptors (Lipinski definition) is 3. The van der Waals surface area contributed by atoms with Crippen molar-refractivity contribution in [2.75, 3.05) is 6.54 Å². The van der Waals surface area contributed by atoms with Gasteiger partial charge in [-0.05, 0) is 36.8 Å². The number of nitrogens with one attached hydrogen (secondary N) is 1. The number of fused-ring (bicyclic) bond motifs is 1. The van der Waals surface area contributed by atoms with E-state index in [1.54, 1.807) is 0 Å². The van der Waals surface area contributed by atoms with Gasteiger partial charge in [0.05, 0.1) is 0 Å². The van der Waals surface area contributed by atoms with Gasteiger partial charge < -0.3 is 15.3 Å². The third kappa shape index (κ3) is 4.18. The van der Waals surface area contributed by atoms with Crippen LogP contribution in [0.25, 0.3) is 0 Å². The molecule has 1 atom stereocenters. The Morgan fingerprint density at radius 1 is 1.12 bits per heavy atom. The van der Waals surface area contributed by atoms with Crippen LogP contribution in [0.15, 0.2) is 24.3 Å². The van der Waals surface area contributed by atoms with Crippen molar-refractivity contribution >= 4 is 17.8 Å². The Morgan fingerprint density at radius 3 is 2.52 bits per heavy atom. The normalized spacial score (nSPS) is 22.4. The van der Waals surface area contributed by atoms with E-state index in [0.29, 0.717) is 45.2 Å². The predicted octanol–water partition coefficient (Wildman–Crippen LogP) is 1.87. The van der Waals surface area contributed by atoms with E-state index in [4.69, 9.17) is 5.11 Å². The Labute approximate surface area is 147 Å². The molecule has 0 bridgehead atoms. The van der Waals surface area contributed by atoms with Crippen molar-refractivity contribution in [3.63, 3.8) is 0 Å². The molecule has 3 rings (SSSR count). The first kappa shape index (κ1) is 17.5. The van der Waals surface area contributed by atoms with Crippen molar-refractivity contribution in [1.29, 1.82) is 0 Å². The van der Waals surface area contributed by atoms with Crippen LogP contribution in [0.2, 0.25) is 0 Å². The average molecular weight is 344 g/mol. The fourth-order valence-electron chi connectivity index (χ4n) is 3.83. The first-order valence-electron chi connectivity index (χ1n) is 8.85. The lowest BCUT2D eigenvalue weighted by molar-refractivity contribution is -0.137. The molecule has 0 aliphatic carbocycles. The van der Waals surface area contributed by atoms with E-state index in [0.717, 1.165) is 6.42 Å². The Kier molecular flexibility index (Phi) is 5.06. The van der Waals surface area contributed by atoms with Gasteiger partial charge in [0.2, 0.25) is 11.8 Å². The fourth-order valence-corrected chi connectivity index (χ4v) is 3.83.